The lowest BCUT2D eigenvalue weighted by Crippen LogP contribution is -2.49. The number of piperidine rings is 1. The van der Waals surface area contributed by atoms with Crippen LogP contribution >= 0.6 is 34.2 Å². The Bertz CT molecular complexity index is 1100. The molecule has 2 aromatic rings. The standard InChI is InChI=1S/C22H24ClIN2O5S/c1-14-4-3-5-15(2)26(14)21(27)13-31-22(28)19-12-18(10-11-20(19)23)32(29,30)25-17-8-6-16(24)7-9-17/h6-12,14-15,25H,3-5,13H2,1-2H3. The van der Waals surface area contributed by atoms with E-state index in [2.05, 4.69) is 27.3 Å². The maximum atomic E-state index is 12.7. The number of benzene rings is 2. The van der Waals surface area contributed by atoms with Gasteiger partial charge in [0.05, 0.1) is 15.5 Å². The van der Waals surface area contributed by atoms with Gasteiger partial charge in [-0.1, -0.05) is 11.6 Å². The van der Waals surface area contributed by atoms with E-state index in [1.54, 1.807) is 29.2 Å². The molecule has 0 aromatic heterocycles. The molecule has 0 aliphatic carbocycles. The zero-order chi connectivity index (χ0) is 23.5. The monoisotopic (exact) mass is 590 g/mol. The molecule has 1 amide bonds. The van der Waals surface area contributed by atoms with Gasteiger partial charge < -0.3 is 9.64 Å². The number of hydrogen-bond acceptors (Lipinski definition) is 5. The first-order valence-corrected chi connectivity index (χ1v) is 13.1. The first-order valence-electron chi connectivity index (χ1n) is 10.1. The summed E-state index contributed by atoms with van der Waals surface area (Å²) in [6.07, 6.45) is 2.87. The number of nitrogens with one attached hydrogen (secondary N) is 1. The fraction of sp³-hybridized carbons (Fsp3) is 0.364. The van der Waals surface area contributed by atoms with Gasteiger partial charge in [-0.15, -0.1) is 0 Å². The molecule has 1 heterocycles. The molecule has 1 saturated heterocycles. The summed E-state index contributed by atoms with van der Waals surface area (Å²) >= 11 is 8.24. The van der Waals surface area contributed by atoms with E-state index < -0.39 is 22.6 Å². The van der Waals surface area contributed by atoms with Crippen molar-refractivity contribution >= 4 is 61.8 Å². The Balaban J connectivity index is 1.72. The smallest absolute Gasteiger partial charge is 0.340 e. The minimum absolute atomic E-state index is 0.0374. The van der Waals surface area contributed by atoms with E-state index in [0.29, 0.717) is 5.69 Å². The third-order valence-electron chi connectivity index (χ3n) is 5.37. The van der Waals surface area contributed by atoms with Gasteiger partial charge in [-0.05, 0) is 98.2 Å². The number of anilines is 1. The molecule has 1 N–H and O–H groups in total. The molecule has 2 atom stereocenters. The van der Waals surface area contributed by atoms with Crippen molar-refractivity contribution in [3.63, 3.8) is 0 Å². The van der Waals surface area contributed by atoms with Gasteiger partial charge in [0, 0.05) is 21.3 Å². The number of carbonyl (C=O) groups excluding carboxylic acids is 2. The molecule has 7 nitrogen and oxygen atoms in total. The minimum Gasteiger partial charge on any atom is -0.452 e. The molecule has 10 heteroatoms. The SMILES string of the molecule is CC1CCCC(C)N1C(=O)COC(=O)c1cc(S(=O)(=O)Nc2ccc(I)cc2)ccc1Cl. The van der Waals surface area contributed by atoms with E-state index in [-0.39, 0.29) is 33.5 Å². The second-order valence-electron chi connectivity index (χ2n) is 7.76. The zero-order valence-electron chi connectivity index (χ0n) is 17.7. The highest BCUT2D eigenvalue weighted by Gasteiger charge is 2.30. The molecule has 3 rings (SSSR count). The summed E-state index contributed by atoms with van der Waals surface area (Å²) in [5.41, 5.74) is 0.268. The van der Waals surface area contributed by atoms with Crippen molar-refractivity contribution in [2.75, 3.05) is 11.3 Å². The van der Waals surface area contributed by atoms with Crippen LogP contribution in [0, 0.1) is 3.57 Å². The Kier molecular flexibility index (Phi) is 8.05. The van der Waals surface area contributed by atoms with E-state index in [1.807, 2.05) is 13.8 Å². The summed E-state index contributed by atoms with van der Waals surface area (Å²) in [5.74, 6) is -1.13. The van der Waals surface area contributed by atoms with Crippen LogP contribution in [-0.2, 0) is 19.6 Å². The number of amides is 1. The van der Waals surface area contributed by atoms with Crippen LogP contribution in [0.4, 0.5) is 5.69 Å². The van der Waals surface area contributed by atoms with Gasteiger partial charge in [0.1, 0.15) is 0 Å². The second kappa shape index (κ2) is 10.4. The van der Waals surface area contributed by atoms with Crippen molar-refractivity contribution in [2.24, 2.45) is 0 Å². The Morgan fingerprint density at radius 1 is 1.12 bits per heavy atom. The summed E-state index contributed by atoms with van der Waals surface area (Å²) < 4.78 is 34.1. The molecule has 172 valence electrons. The Morgan fingerprint density at radius 2 is 1.75 bits per heavy atom. The number of carbonyl (C=O) groups is 2. The van der Waals surface area contributed by atoms with Gasteiger partial charge in [0.15, 0.2) is 6.61 Å². The molecule has 1 aliphatic heterocycles. The zero-order valence-corrected chi connectivity index (χ0v) is 21.4. The quantitative estimate of drug-likeness (QED) is 0.389. The maximum absolute atomic E-state index is 12.7. The largest absolute Gasteiger partial charge is 0.452 e. The molecule has 2 aromatic carbocycles. The van der Waals surface area contributed by atoms with E-state index in [9.17, 15) is 18.0 Å². The molecule has 0 bridgehead atoms. The molecular formula is C22H24ClIN2O5S. The van der Waals surface area contributed by atoms with E-state index >= 15 is 0 Å². The van der Waals surface area contributed by atoms with Crippen LogP contribution in [0.15, 0.2) is 47.4 Å². The summed E-state index contributed by atoms with van der Waals surface area (Å²) in [6, 6.07) is 10.7. The number of nitrogens with zero attached hydrogens (tertiary/aromatic N) is 1. The number of esters is 1. The van der Waals surface area contributed by atoms with Crippen LogP contribution in [0.1, 0.15) is 43.5 Å². The highest BCUT2D eigenvalue weighted by Crippen LogP contribution is 2.25. The highest BCUT2D eigenvalue weighted by atomic mass is 127. The third kappa shape index (κ3) is 5.93. The van der Waals surface area contributed by atoms with E-state index in [1.165, 1.54) is 12.1 Å². The predicted octanol–water partition coefficient (Wildman–Crippen LogP) is 4.69. The lowest BCUT2D eigenvalue weighted by molar-refractivity contribution is -0.140. The van der Waals surface area contributed by atoms with Crippen molar-refractivity contribution < 1.29 is 22.7 Å². The Morgan fingerprint density at radius 3 is 2.38 bits per heavy atom. The minimum atomic E-state index is -3.96. The number of hydrogen-bond donors (Lipinski definition) is 1. The van der Waals surface area contributed by atoms with Gasteiger partial charge in [-0.3, -0.25) is 9.52 Å². The Labute approximate surface area is 206 Å². The number of rotatable bonds is 6. The van der Waals surface area contributed by atoms with Gasteiger partial charge in [0.25, 0.3) is 15.9 Å². The topological polar surface area (TPSA) is 92.8 Å². The van der Waals surface area contributed by atoms with Crippen LogP contribution in [0.5, 0.6) is 0 Å². The number of ether oxygens (including phenoxy) is 1. The average Bonchev–Trinajstić information content (AvgIpc) is 2.73. The van der Waals surface area contributed by atoms with Crippen LogP contribution in [0.3, 0.4) is 0 Å². The average molecular weight is 591 g/mol. The summed E-state index contributed by atoms with van der Waals surface area (Å²) in [7, 11) is -3.96. The normalized spacial score (nSPS) is 18.8. The molecule has 2 unspecified atom stereocenters. The number of sulfonamides is 1. The molecular weight excluding hydrogens is 567 g/mol. The van der Waals surface area contributed by atoms with Crippen LogP contribution in [-0.4, -0.2) is 43.9 Å². The molecule has 32 heavy (non-hydrogen) atoms. The summed E-state index contributed by atoms with van der Waals surface area (Å²) in [4.78, 5) is 26.8. The third-order valence-corrected chi connectivity index (χ3v) is 7.80. The molecule has 0 saturated carbocycles. The first kappa shape index (κ1) is 24.8. The Hall–Kier alpha value is -1.85. The van der Waals surface area contributed by atoms with Gasteiger partial charge in [-0.25, -0.2) is 13.2 Å². The second-order valence-corrected chi connectivity index (χ2v) is 11.1. The lowest BCUT2D eigenvalue weighted by Gasteiger charge is -2.38. The predicted molar refractivity (Wildman–Crippen MR) is 131 cm³/mol. The van der Waals surface area contributed by atoms with Crippen molar-refractivity contribution in [1.82, 2.24) is 4.90 Å². The van der Waals surface area contributed by atoms with Crippen LogP contribution in [0.2, 0.25) is 5.02 Å². The molecule has 0 radical (unpaired) electrons. The van der Waals surface area contributed by atoms with Gasteiger partial charge in [-0.2, -0.15) is 0 Å². The molecule has 0 spiro atoms. The molecule has 1 fully saturated rings. The van der Waals surface area contributed by atoms with Crippen molar-refractivity contribution in [2.45, 2.75) is 50.1 Å². The molecule has 1 aliphatic rings. The van der Waals surface area contributed by atoms with Crippen molar-refractivity contribution in [3.05, 3.63) is 56.6 Å². The fourth-order valence-corrected chi connectivity index (χ4v) is 5.39. The lowest BCUT2D eigenvalue weighted by atomic mass is 9.97. The van der Waals surface area contributed by atoms with Crippen LogP contribution in [0.25, 0.3) is 0 Å². The van der Waals surface area contributed by atoms with Gasteiger partial charge >= 0.3 is 5.97 Å². The first-order chi connectivity index (χ1) is 15.1. The van der Waals surface area contributed by atoms with Crippen molar-refractivity contribution in [3.8, 4) is 0 Å². The summed E-state index contributed by atoms with van der Waals surface area (Å²) in [6.45, 7) is 3.52. The highest BCUT2D eigenvalue weighted by molar-refractivity contribution is 14.1. The van der Waals surface area contributed by atoms with E-state index in [4.69, 9.17) is 16.3 Å². The van der Waals surface area contributed by atoms with Crippen LogP contribution < -0.4 is 4.72 Å². The fourth-order valence-electron chi connectivity index (χ4n) is 3.75. The van der Waals surface area contributed by atoms with Crippen molar-refractivity contribution in [1.29, 1.82) is 0 Å². The van der Waals surface area contributed by atoms with Gasteiger partial charge in [0.2, 0.25) is 0 Å². The van der Waals surface area contributed by atoms with E-state index in [0.717, 1.165) is 28.9 Å². The number of likely N-dealkylation sites (tertiary alicyclic amines) is 1. The maximum Gasteiger partial charge on any atom is 0.340 e. The number of halogens is 2. The summed E-state index contributed by atoms with van der Waals surface area (Å²) in [5, 5.41) is 0.0374.